The molecule has 0 aliphatic heterocycles. The first-order valence-electron chi connectivity index (χ1n) is 4.58. The number of carbonyl (C=O) groups excluding carboxylic acids is 2. The van der Waals surface area contributed by atoms with Crippen LogP contribution in [0.2, 0.25) is 0 Å². The van der Waals surface area contributed by atoms with Crippen LogP contribution in [0, 0.1) is 17.5 Å². The monoisotopic (exact) mass is 341 g/mol. The van der Waals surface area contributed by atoms with E-state index >= 15 is 0 Å². The minimum absolute atomic E-state index is 0. The molecule has 0 atom stereocenters. The van der Waals surface area contributed by atoms with Gasteiger partial charge in [-0.05, 0) is 11.6 Å². The predicted molar refractivity (Wildman–Crippen MR) is 63.6 cm³/mol. The third-order valence-corrected chi connectivity index (χ3v) is 1.98. The van der Waals surface area contributed by atoms with Crippen LogP contribution in [-0.2, 0) is 48.8 Å². The minimum atomic E-state index is -1.06. The van der Waals surface area contributed by atoms with E-state index in [4.69, 9.17) is 5.73 Å². The third kappa shape index (κ3) is 5.89. The van der Waals surface area contributed by atoms with Crippen molar-refractivity contribution >= 4 is 17.6 Å². The topological polar surface area (TPSA) is 110 Å². The smallest absolute Gasteiger partial charge is 0.302 e. The number of rotatable bonds is 4. The molecule has 1 N–H and O–H groups in total. The van der Waals surface area contributed by atoms with E-state index in [1.165, 1.54) is 19.1 Å². The zero-order chi connectivity index (χ0) is 13.0. The zero-order valence-corrected chi connectivity index (χ0v) is 13.3. The number of esters is 1. The number of benzene rings is 1. The fraction of sp³-hybridized carbons (Fsp3) is 0.182. The first-order valence-corrected chi connectivity index (χ1v) is 4.58. The quantitative estimate of drug-likeness (QED) is 0.361. The van der Waals surface area contributed by atoms with E-state index in [1.807, 2.05) is 0 Å². The van der Waals surface area contributed by atoms with Crippen LogP contribution in [0.1, 0.15) is 22.8 Å². The van der Waals surface area contributed by atoms with Gasteiger partial charge in [-0.25, -0.2) is 0 Å². The molecule has 0 saturated heterocycles. The van der Waals surface area contributed by atoms with Crippen LogP contribution in [-0.4, -0.2) is 16.8 Å². The molecule has 0 bridgehead atoms. The van der Waals surface area contributed by atoms with Crippen molar-refractivity contribution in [1.82, 2.24) is 0 Å². The molecule has 0 heterocycles. The summed E-state index contributed by atoms with van der Waals surface area (Å²) in [6.07, 6.45) is 0. The first-order chi connectivity index (χ1) is 7.91. The average molecular weight is 341 g/mol. The number of hydrogen-bond donors (Lipinski definition) is 0. The second-order valence-corrected chi connectivity index (χ2v) is 3.21. The van der Waals surface area contributed by atoms with Crippen LogP contribution in [0.4, 0.5) is 5.69 Å². The molecule has 8 heteroatoms. The van der Waals surface area contributed by atoms with Crippen molar-refractivity contribution in [1.29, 1.82) is 0 Å². The number of amides is 1. The third-order valence-electron chi connectivity index (χ3n) is 1.98. The summed E-state index contributed by atoms with van der Waals surface area (Å²) < 4.78 is 4.67. The van der Waals surface area contributed by atoms with Gasteiger partial charge in [0.2, 0.25) is 0 Å². The number of ether oxygens (including phenoxy) is 1. The summed E-state index contributed by atoms with van der Waals surface area (Å²) in [5, 5.41) is 10.5. The van der Waals surface area contributed by atoms with Crippen LogP contribution in [0.3, 0.4) is 0 Å². The van der Waals surface area contributed by atoms with E-state index in [0.29, 0.717) is 0 Å². The van der Waals surface area contributed by atoms with Crippen LogP contribution in [0.25, 0.3) is 5.73 Å². The fourth-order valence-electron chi connectivity index (χ4n) is 1.19. The van der Waals surface area contributed by atoms with E-state index in [0.717, 1.165) is 6.07 Å². The molecule has 0 spiro atoms. The van der Waals surface area contributed by atoms with Crippen LogP contribution in [0.15, 0.2) is 18.2 Å². The summed E-state index contributed by atoms with van der Waals surface area (Å²) in [5.41, 5.74) is 6.83. The van der Waals surface area contributed by atoms with Crippen LogP contribution < -0.4 is 0 Å². The van der Waals surface area contributed by atoms with Gasteiger partial charge in [0.15, 0.2) is 0 Å². The number of non-ortho nitro benzene ring substituents is 1. The molecule has 1 radical (unpaired) electrons. The Hall–Kier alpha value is -1.34. The summed E-state index contributed by atoms with van der Waals surface area (Å²) >= 11 is 0. The largest absolute Gasteiger partial charge is 0.664 e. The molecule has 1 amide bonds. The average Bonchev–Trinajstić information content (AvgIpc) is 2.25. The Kier molecular flexibility index (Phi) is 9.17. The van der Waals surface area contributed by atoms with Gasteiger partial charge in [0, 0.05) is 57.3 Å². The van der Waals surface area contributed by atoms with Crippen molar-refractivity contribution in [3.63, 3.8) is 0 Å². The maximum atomic E-state index is 11.0. The standard InChI is InChI=1S/C10H10N2O5.CH3.Y/c1-6(13)17-5-7-2-3-8(12(15)16)4-9(7)10(11)14;;/h2-4H,5H2,1H3,(H2,11,14);1H3;/q;-1;/p-1. The Labute approximate surface area is 135 Å². The second-order valence-electron chi connectivity index (χ2n) is 3.21. The summed E-state index contributed by atoms with van der Waals surface area (Å²) in [4.78, 5) is 31.4. The summed E-state index contributed by atoms with van der Waals surface area (Å²) in [6, 6.07) is 3.47. The predicted octanol–water partition coefficient (Wildman–Crippen LogP) is 2.30. The molecular weight excluding hydrogens is 329 g/mol. The van der Waals surface area contributed by atoms with Gasteiger partial charge in [-0.3, -0.25) is 14.9 Å². The fourth-order valence-corrected chi connectivity index (χ4v) is 1.19. The molecule has 19 heavy (non-hydrogen) atoms. The van der Waals surface area contributed by atoms with Gasteiger partial charge >= 0.3 is 5.97 Å². The Morgan fingerprint density at radius 2 is 2.00 bits per heavy atom. The maximum Gasteiger partial charge on any atom is 0.302 e. The molecule has 1 aromatic carbocycles. The molecule has 0 aliphatic rings. The van der Waals surface area contributed by atoms with Gasteiger partial charge < -0.3 is 22.7 Å². The summed E-state index contributed by atoms with van der Waals surface area (Å²) in [6.45, 7) is 1.01. The van der Waals surface area contributed by atoms with Crippen molar-refractivity contribution in [3.05, 3.63) is 52.6 Å². The molecule has 0 fully saturated rings. The second kappa shape index (κ2) is 8.71. The van der Waals surface area contributed by atoms with Crippen molar-refractivity contribution < 1.29 is 52.0 Å². The van der Waals surface area contributed by atoms with Gasteiger partial charge in [0.1, 0.15) is 6.61 Å². The first kappa shape index (κ1) is 20.0. The van der Waals surface area contributed by atoms with Crippen LogP contribution in [0.5, 0.6) is 0 Å². The molecule has 0 aliphatic carbocycles. The Morgan fingerprint density at radius 1 is 1.42 bits per heavy atom. The number of nitrogens with zero attached hydrogens (tertiary/aromatic N) is 1. The van der Waals surface area contributed by atoms with E-state index in [1.54, 1.807) is 0 Å². The van der Waals surface area contributed by atoms with E-state index < -0.39 is 16.8 Å². The number of nitrogens with one attached hydrogen (secondary N) is 1. The van der Waals surface area contributed by atoms with E-state index in [2.05, 4.69) is 4.74 Å². The molecule has 101 valence electrons. The number of hydrogen-bond acceptors (Lipinski definition) is 5. The molecule has 0 saturated carbocycles. The van der Waals surface area contributed by atoms with Gasteiger partial charge in [0.05, 0.1) is 10.8 Å². The van der Waals surface area contributed by atoms with Crippen molar-refractivity contribution in [3.8, 4) is 0 Å². The molecule has 1 aromatic rings. The summed E-state index contributed by atoms with van der Waals surface area (Å²) in [7, 11) is 0. The van der Waals surface area contributed by atoms with Gasteiger partial charge in [-0.2, -0.15) is 0 Å². The van der Waals surface area contributed by atoms with Crippen molar-refractivity contribution in [2.24, 2.45) is 0 Å². The zero-order valence-electron chi connectivity index (χ0n) is 10.5. The molecule has 0 unspecified atom stereocenters. The normalized spacial score (nSPS) is 8.68. The summed E-state index contributed by atoms with van der Waals surface area (Å²) in [5.74, 6) is -1.59. The number of carbonyl (C=O) groups is 2. The van der Waals surface area contributed by atoms with E-state index in [9.17, 15) is 19.7 Å². The van der Waals surface area contributed by atoms with Crippen molar-refractivity contribution in [2.45, 2.75) is 13.5 Å². The van der Waals surface area contributed by atoms with Crippen LogP contribution >= 0.6 is 0 Å². The van der Waals surface area contributed by atoms with Gasteiger partial charge in [0.25, 0.3) is 5.69 Å². The SMILES string of the molecule is CC(=O)OCc1ccc([N+](=O)[O-])cc1C([NH-])=O.[CH3-].[Y]. The number of nitro benzene ring substituents is 1. The Balaban J connectivity index is 0. The molecular formula is C11H12N2O5Y-2. The molecule has 1 rings (SSSR count). The van der Waals surface area contributed by atoms with Gasteiger partial charge in [-0.1, -0.05) is 0 Å². The number of nitro groups is 1. The van der Waals surface area contributed by atoms with E-state index in [-0.39, 0.29) is 63.6 Å². The van der Waals surface area contributed by atoms with Gasteiger partial charge in [-0.15, -0.1) is 0 Å². The molecule has 0 aromatic heterocycles. The maximum absolute atomic E-state index is 11.0. The Bertz CT molecular complexity index is 490. The van der Waals surface area contributed by atoms with Crippen molar-refractivity contribution in [2.75, 3.05) is 0 Å². The molecule has 7 nitrogen and oxygen atoms in total. The Morgan fingerprint density at radius 3 is 2.42 bits per heavy atom. The minimum Gasteiger partial charge on any atom is -0.664 e.